The summed E-state index contributed by atoms with van der Waals surface area (Å²) in [5.41, 5.74) is 5.23. The molecule has 0 aromatic heterocycles. The molecule has 0 aliphatic rings. The van der Waals surface area contributed by atoms with Crippen molar-refractivity contribution in [1.29, 1.82) is 0 Å². The van der Waals surface area contributed by atoms with Gasteiger partial charge in [0.15, 0.2) is 0 Å². The Bertz CT molecular complexity index is 293. The van der Waals surface area contributed by atoms with Crippen molar-refractivity contribution in [3.05, 3.63) is 60.8 Å². The minimum atomic E-state index is -0.693. The molecule has 2 heteroatoms. The molecular formula is C13H20Si2. The van der Waals surface area contributed by atoms with Crippen LogP contribution in [0.4, 0.5) is 0 Å². The largest absolute Gasteiger partial charge is 0.107 e. The molecule has 0 bridgehead atoms. The molecule has 1 unspecified atom stereocenters. The minimum absolute atomic E-state index is 0.109. The maximum atomic E-state index is 3.99. The van der Waals surface area contributed by atoms with Crippen molar-refractivity contribution in [2.24, 2.45) is 0 Å². The van der Waals surface area contributed by atoms with Gasteiger partial charge in [0, 0.05) is 9.52 Å². The molecule has 1 rings (SSSR count). The molecule has 0 saturated heterocycles. The van der Waals surface area contributed by atoms with Crippen molar-refractivity contribution < 1.29 is 0 Å². The Hall–Kier alpha value is -0.866. The van der Waals surface area contributed by atoms with Crippen LogP contribution in [0, 0.1) is 0 Å². The van der Waals surface area contributed by atoms with Crippen LogP contribution in [0.2, 0.25) is 11.7 Å². The smallest absolute Gasteiger partial charge is 0.0619 e. The van der Waals surface area contributed by atoms with Gasteiger partial charge in [-0.15, -0.1) is 18.9 Å². The first-order valence-electron chi connectivity index (χ1n) is 5.64. The van der Waals surface area contributed by atoms with E-state index in [2.05, 4.69) is 55.3 Å². The van der Waals surface area contributed by atoms with E-state index in [-0.39, 0.29) is 9.52 Å². The topological polar surface area (TPSA) is 0 Å². The van der Waals surface area contributed by atoms with Crippen molar-refractivity contribution in [3.63, 3.8) is 0 Å². The minimum Gasteiger partial charge on any atom is -0.107 e. The molecule has 80 valence electrons. The van der Waals surface area contributed by atoms with Crippen molar-refractivity contribution in [2.45, 2.75) is 17.8 Å². The summed E-state index contributed by atoms with van der Waals surface area (Å²) in [6.07, 6.45) is 2.07. The van der Waals surface area contributed by atoms with Gasteiger partial charge in [0.25, 0.3) is 0 Å². The Morgan fingerprint density at radius 1 is 1.20 bits per heavy atom. The summed E-state index contributed by atoms with van der Waals surface area (Å²) in [6, 6.07) is 13.4. The number of hydrogen-bond acceptors (Lipinski definition) is 0. The quantitative estimate of drug-likeness (QED) is 0.385. The summed E-state index contributed by atoms with van der Waals surface area (Å²) < 4.78 is 0. The van der Waals surface area contributed by atoms with Crippen LogP contribution in [0.1, 0.15) is 5.56 Å². The molecule has 0 fully saturated rings. The van der Waals surface area contributed by atoms with Crippen molar-refractivity contribution in [3.8, 4) is 0 Å². The number of benzene rings is 1. The molecule has 0 aliphatic heterocycles. The van der Waals surface area contributed by atoms with Gasteiger partial charge in [0.2, 0.25) is 0 Å². The molecule has 0 nitrogen and oxygen atoms in total. The standard InChI is InChI=1S/C13H20Si2/c1-3-10-14-12-15(4-2)11-13-8-6-5-7-9-13/h3-9,15H,1-2,10-12,14H2. The van der Waals surface area contributed by atoms with Gasteiger partial charge < -0.3 is 0 Å². The molecule has 0 spiro atoms. The van der Waals surface area contributed by atoms with E-state index in [0.717, 1.165) is 0 Å². The Morgan fingerprint density at radius 2 is 1.93 bits per heavy atom. The van der Waals surface area contributed by atoms with Crippen molar-refractivity contribution >= 4 is 18.3 Å². The lowest BCUT2D eigenvalue weighted by atomic mass is 10.2. The summed E-state index contributed by atoms with van der Waals surface area (Å²) in [7, 11) is -0.584. The summed E-state index contributed by atoms with van der Waals surface area (Å²) in [4.78, 5) is 0. The fourth-order valence-electron chi connectivity index (χ4n) is 1.74. The van der Waals surface area contributed by atoms with Crippen LogP contribution in [-0.2, 0) is 6.04 Å². The van der Waals surface area contributed by atoms with Gasteiger partial charge in [-0.25, -0.2) is 0 Å². The Kier molecular flexibility index (Phi) is 6.04. The fraction of sp³-hybridized carbons (Fsp3) is 0.231. The Balaban J connectivity index is 2.40. The second kappa shape index (κ2) is 7.43. The van der Waals surface area contributed by atoms with Gasteiger partial charge in [-0.1, -0.05) is 47.6 Å². The third-order valence-corrected chi connectivity index (χ3v) is 9.74. The Labute approximate surface area is 97.2 Å². The highest BCUT2D eigenvalue weighted by atomic mass is 28.3. The summed E-state index contributed by atoms with van der Waals surface area (Å²) in [6.45, 7) is 7.79. The SMILES string of the molecule is C=CC[SiH2]C[SiH](C=C)Cc1ccccc1. The van der Waals surface area contributed by atoms with Crippen LogP contribution in [0.15, 0.2) is 55.3 Å². The molecule has 0 aliphatic carbocycles. The predicted octanol–water partition coefficient (Wildman–Crippen LogP) is 2.45. The number of hydrogen-bond donors (Lipinski definition) is 0. The van der Waals surface area contributed by atoms with Crippen LogP contribution in [0.3, 0.4) is 0 Å². The van der Waals surface area contributed by atoms with Crippen LogP contribution in [-0.4, -0.2) is 18.3 Å². The maximum absolute atomic E-state index is 3.99. The van der Waals surface area contributed by atoms with E-state index < -0.39 is 8.80 Å². The van der Waals surface area contributed by atoms with Gasteiger partial charge in [0.05, 0.1) is 8.80 Å². The fourth-order valence-corrected chi connectivity index (χ4v) is 7.88. The van der Waals surface area contributed by atoms with Gasteiger partial charge in [-0.2, -0.15) is 0 Å². The van der Waals surface area contributed by atoms with Gasteiger partial charge in [-0.3, -0.25) is 0 Å². The summed E-state index contributed by atoms with van der Waals surface area (Å²) in [5.74, 6) is 0. The first-order valence-corrected chi connectivity index (χ1v) is 9.94. The highest BCUT2D eigenvalue weighted by molar-refractivity contribution is 6.73. The molecule has 15 heavy (non-hydrogen) atoms. The van der Waals surface area contributed by atoms with E-state index in [9.17, 15) is 0 Å². The molecule has 0 heterocycles. The molecule has 1 aromatic carbocycles. The lowest BCUT2D eigenvalue weighted by Gasteiger charge is -2.09. The van der Waals surface area contributed by atoms with Crippen molar-refractivity contribution in [1.82, 2.24) is 0 Å². The highest BCUT2D eigenvalue weighted by Crippen LogP contribution is 2.06. The predicted molar refractivity (Wildman–Crippen MR) is 75.8 cm³/mol. The van der Waals surface area contributed by atoms with Crippen LogP contribution in [0.25, 0.3) is 0 Å². The summed E-state index contributed by atoms with van der Waals surface area (Å²) >= 11 is 0. The van der Waals surface area contributed by atoms with E-state index in [1.54, 1.807) is 0 Å². The first kappa shape index (κ1) is 12.2. The average molecular weight is 232 g/mol. The van der Waals surface area contributed by atoms with Crippen molar-refractivity contribution in [2.75, 3.05) is 0 Å². The Morgan fingerprint density at radius 3 is 2.53 bits per heavy atom. The van der Waals surface area contributed by atoms with Gasteiger partial charge in [-0.05, 0) is 12.1 Å². The van der Waals surface area contributed by atoms with E-state index in [4.69, 9.17) is 0 Å². The zero-order chi connectivity index (χ0) is 10.9. The van der Waals surface area contributed by atoms with E-state index >= 15 is 0 Å². The van der Waals surface area contributed by atoms with E-state index in [1.807, 2.05) is 0 Å². The van der Waals surface area contributed by atoms with E-state index in [1.165, 1.54) is 23.3 Å². The molecule has 1 aromatic rings. The van der Waals surface area contributed by atoms with Crippen LogP contribution >= 0.6 is 0 Å². The van der Waals surface area contributed by atoms with Gasteiger partial charge in [0.1, 0.15) is 0 Å². The summed E-state index contributed by atoms with van der Waals surface area (Å²) in [5, 5.41) is 0. The first-order chi connectivity index (χ1) is 7.36. The molecule has 0 radical (unpaired) electrons. The lowest BCUT2D eigenvalue weighted by Crippen LogP contribution is -2.16. The third-order valence-electron chi connectivity index (χ3n) is 2.66. The molecule has 0 saturated carbocycles. The lowest BCUT2D eigenvalue weighted by molar-refractivity contribution is 1.35. The second-order valence-corrected chi connectivity index (χ2v) is 9.90. The highest BCUT2D eigenvalue weighted by Gasteiger charge is 2.06. The monoisotopic (exact) mass is 232 g/mol. The molecule has 0 amide bonds. The third kappa shape index (κ3) is 4.95. The molecule has 1 atom stereocenters. The zero-order valence-corrected chi connectivity index (χ0v) is 11.9. The van der Waals surface area contributed by atoms with E-state index in [0.29, 0.717) is 0 Å². The second-order valence-electron chi connectivity index (χ2n) is 3.91. The molecule has 0 N–H and O–H groups in total. The number of rotatable bonds is 7. The number of allylic oxidation sites excluding steroid dienone is 1. The van der Waals surface area contributed by atoms with Gasteiger partial charge >= 0.3 is 0 Å². The molecular weight excluding hydrogens is 212 g/mol. The average Bonchev–Trinajstić information content (AvgIpc) is 2.29. The van der Waals surface area contributed by atoms with Crippen LogP contribution < -0.4 is 0 Å². The zero-order valence-electron chi connectivity index (χ0n) is 9.36. The van der Waals surface area contributed by atoms with Crippen LogP contribution in [0.5, 0.6) is 0 Å². The maximum Gasteiger partial charge on any atom is 0.0619 e. The normalized spacial score (nSPS) is 12.8.